The normalized spacial score (nSPS) is 18.2. The maximum Gasteiger partial charge on any atom is 0.153 e. The summed E-state index contributed by atoms with van der Waals surface area (Å²) in [4.78, 5) is 2.20. The van der Waals surface area contributed by atoms with Crippen molar-refractivity contribution in [3.05, 3.63) is 29.3 Å². The highest BCUT2D eigenvalue weighted by atomic mass is 32.2. The van der Waals surface area contributed by atoms with Gasteiger partial charge in [0.1, 0.15) is 0 Å². The van der Waals surface area contributed by atoms with E-state index in [2.05, 4.69) is 49.2 Å². The number of sulfone groups is 1. The molecular weight excluding hydrogens is 284 g/mol. The fourth-order valence-electron chi connectivity index (χ4n) is 2.61. The molecule has 118 valence electrons. The van der Waals surface area contributed by atoms with Gasteiger partial charge in [-0.2, -0.15) is 0 Å². The minimum Gasteiger partial charge on any atom is -0.369 e. The van der Waals surface area contributed by atoms with Gasteiger partial charge < -0.3 is 10.2 Å². The standard InChI is InChI=1S/C16H26N2O2S/c1-13(2)11-17-12-15-10-14(3)4-5-16(15)18-6-8-21(19,20)9-7-18/h4-5,10,13,17H,6-9,11-12H2,1-3H3. The lowest BCUT2D eigenvalue weighted by atomic mass is 10.1. The van der Waals surface area contributed by atoms with Crippen molar-refractivity contribution in [3.8, 4) is 0 Å². The summed E-state index contributed by atoms with van der Waals surface area (Å²) in [5.74, 6) is 1.15. The first-order chi connectivity index (χ1) is 9.87. The number of aryl methyl sites for hydroxylation is 1. The second kappa shape index (κ2) is 6.79. The van der Waals surface area contributed by atoms with Crippen molar-refractivity contribution in [1.29, 1.82) is 0 Å². The van der Waals surface area contributed by atoms with E-state index in [1.54, 1.807) is 0 Å². The van der Waals surface area contributed by atoms with Crippen LogP contribution in [0.1, 0.15) is 25.0 Å². The lowest BCUT2D eigenvalue weighted by Crippen LogP contribution is -2.41. The van der Waals surface area contributed by atoms with Gasteiger partial charge in [0, 0.05) is 25.3 Å². The number of hydrogen-bond donors (Lipinski definition) is 1. The van der Waals surface area contributed by atoms with E-state index in [4.69, 9.17) is 0 Å². The predicted octanol–water partition coefficient (Wildman–Crippen LogP) is 1.98. The molecule has 1 aliphatic rings. The Morgan fingerprint density at radius 1 is 1.24 bits per heavy atom. The van der Waals surface area contributed by atoms with E-state index in [0.29, 0.717) is 19.0 Å². The molecule has 21 heavy (non-hydrogen) atoms. The topological polar surface area (TPSA) is 49.4 Å². The van der Waals surface area contributed by atoms with Gasteiger partial charge in [0.15, 0.2) is 9.84 Å². The molecule has 5 heteroatoms. The molecule has 0 amide bonds. The average Bonchev–Trinajstić information content (AvgIpc) is 2.39. The molecule has 4 nitrogen and oxygen atoms in total. The van der Waals surface area contributed by atoms with Crippen LogP contribution in [-0.2, 0) is 16.4 Å². The summed E-state index contributed by atoms with van der Waals surface area (Å²) in [5.41, 5.74) is 3.67. The van der Waals surface area contributed by atoms with Gasteiger partial charge in [0.05, 0.1) is 11.5 Å². The smallest absolute Gasteiger partial charge is 0.153 e. The number of nitrogens with zero attached hydrogens (tertiary/aromatic N) is 1. The van der Waals surface area contributed by atoms with E-state index >= 15 is 0 Å². The molecule has 1 aliphatic heterocycles. The summed E-state index contributed by atoms with van der Waals surface area (Å²) in [6.45, 7) is 9.50. The molecule has 0 radical (unpaired) electrons. The predicted molar refractivity (Wildman–Crippen MR) is 88.6 cm³/mol. The van der Waals surface area contributed by atoms with Crippen LogP contribution in [0, 0.1) is 12.8 Å². The summed E-state index contributed by atoms with van der Waals surface area (Å²) in [5, 5.41) is 3.48. The quantitative estimate of drug-likeness (QED) is 0.903. The SMILES string of the molecule is Cc1ccc(N2CCS(=O)(=O)CC2)c(CNCC(C)C)c1. The maximum atomic E-state index is 11.6. The van der Waals surface area contributed by atoms with Crippen molar-refractivity contribution in [1.82, 2.24) is 5.32 Å². The number of rotatable bonds is 5. The fraction of sp³-hybridized carbons (Fsp3) is 0.625. The first-order valence-corrected chi connectivity index (χ1v) is 9.45. The van der Waals surface area contributed by atoms with Crippen LogP contribution < -0.4 is 10.2 Å². The van der Waals surface area contributed by atoms with E-state index < -0.39 is 9.84 Å². The highest BCUT2D eigenvalue weighted by molar-refractivity contribution is 7.91. The number of nitrogens with one attached hydrogen (secondary N) is 1. The van der Waals surface area contributed by atoms with Crippen molar-refractivity contribution >= 4 is 15.5 Å². The lowest BCUT2D eigenvalue weighted by Gasteiger charge is -2.31. The van der Waals surface area contributed by atoms with Crippen LogP contribution in [0.25, 0.3) is 0 Å². The van der Waals surface area contributed by atoms with Gasteiger partial charge in [-0.3, -0.25) is 0 Å². The van der Waals surface area contributed by atoms with Crippen LogP contribution in [0.3, 0.4) is 0 Å². The zero-order chi connectivity index (χ0) is 15.5. The third kappa shape index (κ3) is 4.71. The molecule has 0 atom stereocenters. The van der Waals surface area contributed by atoms with Crippen molar-refractivity contribution < 1.29 is 8.42 Å². The van der Waals surface area contributed by atoms with Crippen molar-refractivity contribution in [2.75, 3.05) is 36.0 Å². The molecule has 0 saturated carbocycles. The molecule has 1 N–H and O–H groups in total. The largest absolute Gasteiger partial charge is 0.369 e. The fourth-order valence-corrected chi connectivity index (χ4v) is 3.81. The van der Waals surface area contributed by atoms with Gasteiger partial charge >= 0.3 is 0 Å². The third-order valence-corrected chi connectivity index (χ3v) is 5.40. The van der Waals surface area contributed by atoms with Crippen molar-refractivity contribution in [2.45, 2.75) is 27.3 Å². The second-order valence-corrected chi connectivity index (χ2v) is 8.60. The molecule has 0 aliphatic carbocycles. The molecule has 1 saturated heterocycles. The molecule has 2 rings (SSSR count). The van der Waals surface area contributed by atoms with Crippen LogP contribution in [0.15, 0.2) is 18.2 Å². The number of benzene rings is 1. The Morgan fingerprint density at radius 2 is 1.90 bits per heavy atom. The van der Waals surface area contributed by atoms with Gasteiger partial charge in [-0.05, 0) is 31.0 Å². The molecule has 0 bridgehead atoms. The van der Waals surface area contributed by atoms with Gasteiger partial charge in [-0.25, -0.2) is 8.42 Å². The third-order valence-electron chi connectivity index (χ3n) is 3.79. The van der Waals surface area contributed by atoms with Gasteiger partial charge in [0.2, 0.25) is 0 Å². The number of hydrogen-bond acceptors (Lipinski definition) is 4. The van der Waals surface area contributed by atoms with Crippen LogP contribution in [0.2, 0.25) is 0 Å². The number of anilines is 1. The van der Waals surface area contributed by atoms with Crippen LogP contribution in [-0.4, -0.2) is 39.6 Å². The summed E-state index contributed by atoms with van der Waals surface area (Å²) in [6, 6.07) is 6.43. The molecular formula is C16H26N2O2S. The van der Waals surface area contributed by atoms with Gasteiger partial charge in [-0.15, -0.1) is 0 Å². The molecule has 1 aromatic carbocycles. The highest BCUT2D eigenvalue weighted by Gasteiger charge is 2.23. The lowest BCUT2D eigenvalue weighted by molar-refractivity contribution is 0.551. The average molecular weight is 310 g/mol. The Hall–Kier alpha value is -1.07. The van der Waals surface area contributed by atoms with E-state index in [-0.39, 0.29) is 11.5 Å². The molecule has 1 fully saturated rings. The summed E-state index contributed by atoms with van der Waals surface area (Å²) >= 11 is 0. The van der Waals surface area contributed by atoms with Crippen LogP contribution in [0.4, 0.5) is 5.69 Å². The summed E-state index contributed by atoms with van der Waals surface area (Å²) < 4.78 is 23.1. The van der Waals surface area contributed by atoms with E-state index in [0.717, 1.165) is 13.1 Å². The van der Waals surface area contributed by atoms with Gasteiger partial charge in [0.25, 0.3) is 0 Å². The Labute approximate surface area is 128 Å². The Morgan fingerprint density at radius 3 is 2.52 bits per heavy atom. The maximum absolute atomic E-state index is 11.6. The van der Waals surface area contributed by atoms with E-state index in [9.17, 15) is 8.42 Å². The Bertz CT molecular complexity index is 568. The molecule has 1 heterocycles. The Kier molecular flexibility index (Phi) is 5.27. The highest BCUT2D eigenvalue weighted by Crippen LogP contribution is 2.24. The minimum absolute atomic E-state index is 0.264. The summed E-state index contributed by atoms with van der Waals surface area (Å²) in [7, 11) is -2.83. The zero-order valence-electron chi connectivity index (χ0n) is 13.2. The molecule has 0 unspecified atom stereocenters. The Balaban J connectivity index is 2.11. The zero-order valence-corrected chi connectivity index (χ0v) is 14.0. The molecule has 0 aromatic heterocycles. The van der Waals surface area contributed by atoms with E-state index in [1.165, 1.54) is 16.8 Å². The first-order valence-electron chi connectivity index (χ1n) is 7.63. The first kappa shape index (κ1) is 16.3. The van der Waals surface area contributed by atoms with Crippen molar-refractivity contribution in [3.63, 3.8) is 0 Å². The van der Waals surface area contributed by atoms with Crippen LogP contribution in [0.5, 0.6) is 0 Å². The minimum atomic E-state index is -2.83. The van der Waals surface area contributed by atoms with Crippen LogP contribution >= 0.6 is 0 Å². The van der Waals surface area contributed by atoms with E-state index in [1.807, 2.05) is 0 Å². The second-order valence-electron chi connectivity index (χ2n) is 6.30. The van der Waals surface area contributed by atoms with Gasteiger partial charge in [-0.1, -0.05) is 31.5 Å². The summed E-state index contributed by atoms with van der Waals surface area (Å²) in [6.07, 6.45) is 0. The molecule has 0 spiro atoms. The molecule has 1 aromatic rings. The van der Waals surface area contributed by atoms with Crippen molar-refractivity contribution in [2.24, 2.45) is 5.92 Å². The monoisotopic (exact) mass is 310 g/mol.